The zero-order valence-corrected chi connectivity index (χ0v) is 9.78. The maximum Gasteiger partial charge on any atom is 0.276 e. The summed E-state index contributed by atoms with van der Waals surface area (Å²) < 4.78 is 0. The van der Waals surface area contributed by atoms with Gasteiger partial charge >= 0.3 is 0 Å². The summed E-state index contributed by atoms with van der Waals surface area (Å²) in [5.74, 6) is 0. The van der Waals surface area contributed by atoms with Crippen LogP contribution in [0.1, 0.15) is 11.1 Å². The molecule has 0 spiro atoms. The molecule has 0 saturated carbocycles. The van der Waals surface area contributed by atoms with Crippen LogP contribution in [0.5, 0.6) is 0 Å². The highest BCUT2D eigenvalue weighted by atomic mass is 35.5. The fourth-order valence-corrected chi connectivity index (χ4v) is 1.95. The van der Waals surface area contributed by atoms with Crippen molar-refractivity contribution in [3.8, 4) is 0 Å². The first-order valence-electron chi connectivity index (χ1n) is 4.98. The molecule has 1 aromatic rings. The van der Waals surface area contributed by atoms with Crippen molar-refractivity contribution in [3.05, 3.63) is 32.3 Å². The maximum atomic E-state index is 10.8. The lowest BCUT2D eigenvalue weighted by Gasteiger charge is -2.12. The Morgan fingerprint density at radius 1 is 1.29 bits per heavy atom. The smallest absolute Gasteiger partial charge is 0.276 e. The van der Waals surface area contributed by atoms with E-state index in [2.05, 4.69) is 0 Å². The number of nitrogen functional groups attached to an aromatic ring is 1. The molecule has 0 unspecified atom stereocenters. The van der Waals surface area contributed by atoms with Crippen molar-refractivity contribution in [1.29, 1.82) is 0 Å². The maximum absolute atomic E-state index is 10.8. The minimum atomic E-state index is -0.587. The molecule has 6 nitrogen and oxygen atoms in total. The van der Waals surface area contributed by atoms with Crippen LogP contribution in [0.3, 0.4) is 0 Å². The molecule has 0 bridgehead atoms. The van der Waals surface area contributed by atoms with Crippen LogP contribution in [0.2, 0.25) is 5.02 Å². The van der Waals surface area contributed by atoms with Crippen molar-refractivity contribution in [2.24, 2.45) is 0 Å². The van der Waals surface area contributed by atoms with E-state index >= 15 is 0 Å². The second kappa shape index (κ2) is 5.81. The average Bonchev–Trinajstić information content (AvgIpc) is 2.27. The van der Waals surface area contributed by atoms with E-state index in [1.54, 1.807) is 0 Å². The second-order valence-corrected chi connectivity index (χ2v) is 3.86. The number of nitro groups is 1. The molecule has 0 radical (unpaired) electrons. The van der Waals surface area contributed by atoms with Gasteiger partial charge in [-0.05, 0) is 12.0 Å². The molecule has 1 aromatic carbocycles. The van der Waals surface area contributed by atoms with E-state index < -0.39 is 4.92 Å². The predicted octanol–water partition coefficient (Wildman–Crippen LogP) is 0.900. The van der Waals surface area contributed by atoms with Gasteiger partial charge in [0.05, 0.1) is 15.5 Å². The SMILES string of the molecule is Nc1c(CCO)c(Cl)cc([N+](=O)[O-])c1CCO. The molecule has 0 amide bonds. The van der Waals surface area contributed by atoms with Crippen LogP contribution in [-0.4, -0.2) is 28.4 Å². The van der Waals surface area contributed by atoms with Crippen molar-refractivity contribution in [1.82, 2.24) is 0 Å². The van der Waals surface area contributed by atoms with Crippen LogP contribution in [0.15, 0.2) is 6.07 Å². The molecule has 1 rings (SSSR count). The Balaban J connectivity index is 3.40. The van der Waals surface area contributed by atoms with Gasteiger partial charge in [0.1, 0.15) is 0 Å². The van der Waals surface area contributed by atoms with Crippen molar-refractivity contribution in [3.63, 3.8) is 0 Å². The van der Waals surface area contributed by atoms with E-state index in [9.17, 15) is 10.1 Å². The van der Waals surface area contributed by atoms with Crippen LogP contribution in [0.4, 0.5) is 11.4 Å². The highest BCUT2D eigenvalue weighted by molar-refractivity contribution is 6.32. The number of anilines is 1. The van der Waals surface area contributed by atoms with Gasteiger partial charge in [0.25, 0.3) is 5.69 Å². The minimum Gasteiger partial charge on any atom is -0.398 e. The number of rotatable bonds is 5. The number of nitro benzene ring substituents is 1. The quantitative estimate of drug-likeness (QED) is 0.414. The molecule has 0 atom stereocenters. The van der Waals surface area contributed by atoms with Crippen molar-refractivity contribution < 1.29 is 15.1 Å². The van der Waals surface area contributed by atoms with Gasteiger partial charge < -0.3 is 15.9 Å². The molecule has 0 fully saturated rings. The first-order chi connectivity index (χ1) is 8.02. The van der Waals surface area contributed by atoms with Crippen molar-refractivity contribution in [2.45, 2.75) is 12.8 Å². The van der Waals surface area contributed by atoms with Gasteiger partial charge in [-0.25, -0.2) is 0 Å². The molecule has 17 heavy (non-hydrogen) atoms. The highest BCUT2D eigenvalue weighted by Crippen LogP contribution is 2.34. The standard InChI is InChI=1S/C10H13ClN2O4/c11-8-5-9(13(16)17)7(2-4-15)10(12)6(8)1-3-14/h5,14-15H,1-4,12H2. The lowest BCUT2D eigenvalue weighted by atomic mass is 10.0. The number of nitrogens with zero attached hydrogens (tertiary/aromatic N) is 1. The van der Waals surface area contributed by atoms with Crippen LogP contribution in [0, 0.1) is 10.1 Å². The molecule has 94 valence electrons. The van der Waals surface area contributed by atoms with Gasteiger partial charge in [0, 0.05) is 31.4 Å². The zero-order valence-electron chi connectivity index (χ0n) is 9.02. The van der Waals surface area contributed by atoms with Gasteiger partial charge in [-0.1, -0.05) is 11.6 Å². The van der Waals surface area contributed by atoms with Gasteiger partial charge in [0.2, 0.25) is 0 Å². The van der Waals surface area contributed by atoms with E-state index in [1.807, 2.05) is 0 Å². The monoisotopic (exact) mass is 260 g/mol. The molecular formula is C10H13ClN2O4. The summed E-state index contributed by atoms with van der Waals surface area (Å²) >= 11 is 5.87. The molecular weight excluding hydrogens is 248 g/mol. The van der Waals surface area contributed by atoms with E-state index in [4.69, 9.17) is 27.5 Å². The lowest BCUT2D eigenvalue weighted by molar-refractivity contribution is -0.385. The fourth-order valence-electron chi connectivity index (χ4n) is 1.65. The number of aliphatic hydroxyl groups is 2. The molecule has 0 aliphatic heterocycles. The van der Waals surface area contributed by atoms with Crippen LogP contribution >= 0.6 is 11.6 Å². The van der Waals surface area contributed by atoms with E-state index in [1.165, 1.54) is 6.07 Å². The third-order valence-electron chi connectivity index (χ3n) is 2.43. The largest absolute Gasteiger partial charge is 0.398 e. The summed E-state index contributed by atoms with van der Waals surface area (Å²) in [6, 6.07) is 1.20. The molecule has 0 aliphatic carbocycles. The Morgan fingerprint density at radius 2 is 1.82 bits per heavy atom. The second-order valence-electron chi connectivity index (χ2n) is 3.45. The van der Waals surface area contributed by atoms with E-state index in [-0.39, 0.29) is 48.0 Å². The molecule has 0 aliphatic rings. The Hall–Kier alpha value is -1.37. The predicted molar refractivity (Wildman–Crippen MR) is 64.1 cm³/mol. The summed E-state index contributed by atoms with van der Waals surface area (Å²) in [4.78, 5) is 10.2. The van der Waals surface area contributed by atoms with Gasteiger partial charge in [-0.15, -0.1) is 0 Å². The van der Waals surface area contributed by atoms with Crippen LogP contribution in [0.25, 0.3) is 0 Å². The summed E-state index contributed by atoms with van der Waals surface area (Å²) in [6.45, 7) is -0.397. The van der Waals surface area contributed by atoms with Crippen LogP contribution in [-0.2, 0) is 12.8 Å². The van der Waals surface area contributed by atoms with Crippen LogP contribution < -0.4 is 5.73 Å². The Kier molecular flexibility index (Phi) is 4.68. The molecule has 0 saturated heterocycles. The van der Waals surface area contributed by atoms with Crippen molar-refractivity contribution >= 4 is 23.0 Å². The van der Waals surface area contributed by atoms with E-state index in [0.717, 1.165) is 0 Å². The lowest BCUT2D eigenvalue weighted by Crippen LogP contribution is -2.08. The van der Waals surface area contributed by atoms with Gasteiger partial charge in [-0.2, -0.15) is 0 Å². The third-order valence-corrected chi connectivity index (χ3v) is 2.77. The first kappa shape index (κ1) is 13.7. The average molecular weight is 261 g/mol. The van der Waals surface area contributed by atoms with Gasteiger partial charge in [-0.3, -0.25) is 10.1 Å². The Morgan fingerprint density at radius 3 is 2.29 bits per heavy atom. The summed E-state index contributed by atoms with van der Waals surface area (Å²) in [5, 5.41) is 28.7. The molecule has 4 N–H and O–H groups in total. The third kappa shape index (κ3) is 2.85. The number of aliphatic hydroxyl groups excluding tert-OH is 2. The molecule has 7 heteroatoms. The normalized spacial score (nSPS) is 10.5. The first-order valence-corrected chi connectivity index (χ1v) is 5.36. The summed E-state index contributed by atoms with van der Waals surface area (Å²) in [5.41, 5.74) is 6.48. The number of hydrogen-bond acceptors (Lipinski definition) is 5. The summed E-state index contributed by atoms with van der Waals surface area (Å²) in [6.07, 6.45) is 0.304. The van der Waals surface area contributed by atoms with Gasteiger partial charge in [0.15, 0.2) is 0 Å². The molecule has 0 heterocycles. The number of hydrogen-bond donors (Lipinski definition) is 3. The molecule has 0 aromatic heterocycles. The van der Waals surface area contributed by atoms with Crippen molar-refractivity contribution in [2.75, 3.05) is 18.9 Å². The topological polar surface area (TPSA) is 110 Å². The minimum absolute atomic E-state index is 0.0811. The highest BCUT2D eigenvalue weighted by Gasteiger charge is 2.21. The van der Waals surface area contributed by atoms with E-state index in [0.29, 0.717) is 5.56 Å². The Bertz CT molecular complexity index is 437. The Labute approximate surface area is 103 Å². The zero-order chi connectivity index (χ0) is 13.0. The number of benzene rings is 1. The summed E-state index contributed by atoms with van der Waals surface area (Å²) in [7, 11) is 0. The number of halogens is 1. The number of nitrogens with two attached hydrogens (primary N) is 1. The fraction of sp³-hybridized carbons (Fsp3) is 0.400.